The smallest absolute Gasteiger partial charge is 0.338 e. The number of methoxy groups -OCH3 is 1. The van der Waals surface area contributed by atoms with Gasteiger partial charge in [-0.1, -0.05) is 12.1 Å². The van der Waals surface area contributed by atoms with Crippen LogP contribution in [-0.4, -0.2) is 40.6 Å². The molecule has 3 rings (SSSR count). The number of rotatable bonds is 9. The summed E-state index contributed by atoms with van der Waals surface area (Å²) in [6, 6.07) is 16.3. The molecule has 3 aromatic carbocycles. The molecule has 0 saturated heterocycles. The van der Waals surface area contributed by atoms with Crippen LogP contribution in [0, 0.1) is 20.8 Å². The van der Waals surface area contributed by atoms with Crippen molar-refractivity contribution in [3.63, 3.8) is 0 Å². The average Bonchev–Trinajstić information content (AvgIpc) is 2.85. The highest BCUT2D eigenvalue weighted by Crippen LogP contribution is 2.31. The second-order valence-corrected chi connectivity index (χ2v) is 10.1. The van der Waals surface area contributed by atoms with Crippen LogP contribution < -0.4 is 14.4 Å². The lowest BCUT2D eigenvalue weighted by molar-refractivity contribution is -0.114. The minimum atomic E-state index is -4.17. The molecular formula is C27H30N2O6S. The van der Waals surface area contributed by atoms with Crippen LogP contribution in [-0.2, 0) is 19.6 Å². The molecule has 0 radical (unpaired) electrons. The number of ether oxygens (including phenoxy) is 2. The molecule has 1 N–H and O–H groups in total. The van der Waals surface area contributed by atoms with E-state index in [0.717, 1.165) is 21.0 Å². The average molecular weight is 511 g/mol. The Balaban J connectivity index is 1.95. The van der Waals surface area contributed by atoms with Gasteiger partial charge in [0.05, 0.1) is 25.0 Å². The van der Waals surface area contributed by atoms with Gasteiger partial charge in [0.2, 0.25) is 5.91 Å². The lowest BCUT2D eigenvalue weighted by Crippen LogP contribution is -2.38. The number of carbonyl (C=O) groups is 2. The SMILES string of the molecule is CCOC(=O)c1ccc(NC(=O)CN(c2ccc(C)c(C)c2)S(=O)(=O)c2cc(C)ccc2OC)cc1. The summed E-state index contributed by atoms with van der Waals surface area (Å²) in [5.41, 5.74) is 3.74. The number of esters is 1. The summed E-state index contributed by atoms with van der Waals surface area (Å²) >= 11 is 0. The number of hydrogen-bond donors (Lipinski definition) is 1. The quantitative estimate of drug-likeness (QED) is 0.421. The molecule has 0 unspecified atom stereocenters. The Hall–Kier alpha value is -3.85. The first kappa shape index (κ1) is 26.7. The molecule has 0 bridgehead atoms. The van der Waals surface area contributed by atoms with Gasteiger partial charge in [0, 0.05) is 5.69 Å². The van der Waals surface area contributed by atoms with Gasteiger partial charge in [-0.25, -0.2) is 13.2 Å². The molecule has 190 valence electrons. The summed E-state index contributed by atoms with van der Waals surface area (Å²) in [5, 5.41) is 2.70. The van der Waals surface area contributed by atoms with Gasteiger partial charge in [0.15, 0.2) is 0 Å². The van der Waals surface area contributed by atoms with Gasteiger partial charge in [0.25, 0.3) is 10.0 Å². The first-order valence-corrected chi connectivity index (χ1v) is 12.8. The normalized spacial score (nSPS) is 11.0. The maximum absolute atomic E-state index is 13.8. The van der Waals surface area contributed by atoms with E-state index in [1.54, 1.807) is 50.2 Å². The van der Waals surface area contributed by atoms with Crippen LogP contribution in [0.4, 0.5) is 11.4 Å². The molecule has 3 aromatic rings. The number of nitrogens with zero attached hydrogens (tertiary/aromatic N) is 1. The summed E-state index contributed by atoms with van der Waals surface area (Å²) < 4.78 is 39.0. The van der Waals surface area contributed by atoms with Crippen LogP contribution in [0.3, 0.4) is 0 Å². The Labute approximate surface area is 211 Å². The molecule has 0 saturated carbocycles. The van der Waals surface area contributed by atoms with Gasteiger partial charge in [-0.3, -0.25) is 9.10 Å². The molecule has 0 aliphatic rings. The third kappa shape index (κ3) is 6.04. The topological polar surface area (TPSA) is 102 Å². The zero-order valence-corrected chi connectivity index (χ0v) is 21.8. The Morgan fingerprint density at radius 2 is 1.61 bits per heavy atom. The Bertz CT molecular complexity index is 1370. The van der Waals surface area contributed by atoms with E-state index in [1.807, 2.05) is 19.9 Å². The number of sulfonamides is 1. The first-order valence-electron chi connectivity index (χ1n) is 11.4. The van der Waals surface area contributed by atoms with E-state index in [9.17, 15) is 18.0 Å². The van der Waals surface area contributed by atoms with Crippen LogP contribution in [0.5, 0.6) is 5.75 Å². The van der Waals surface area contributed by atoms with Crippen LogP contribution in [0.25, 0.3) is 0 Å². The summed E-state index contributed by atoms with van der Waals surface area (Å²) in [4.78, 5) is 24.9. The van der Waals surface area contributed by atoms with E-state index >= 15 is 0 Å². The molecule has 0 fully saturated rings. The molecule has 0 atom stereocenters. The molecule has 0 aromatic heterocycles. The zero-order valence-electron chi connectivity index (χ0n) is 21.0. The highest BCUT2D eigenvalue weighted by molar-refractivity contribution is 7.93. The lowest BCUT2D eigenvalue weighted by atomic mass is 10.1. The van der Waals surface area contributed by atoms with E-state index in [1.165, 1.54) is 25.3 Å². The minimum absolute atomic E-state index is 0.0326. The van der Waals surface area contributed by atoms with Gasteiger partial charge in [0.1, 0.15) is 17.2 Å². The largest absolute Gasteiger partial charge is 0.495 e. The van der Waals surface area contributed by atoms with Crippen molar-refractivity contribution in [2.75, 3.05) is 29.9 Å². The predicted octanol–water partition coefficient (Wildman–Crippen LogP) is 4.63. The number of anilines is 2. The van der Waals surface area contributed by atoms with Gasteiger partial charge in [-0.05, 0) is 92.9 Å². The van der Waals surface area contributed by atoms with Crippen molar-refractivity contribution in [3.05, 3.63) is 82.9 Å². The fraction of sp³-hybridized carbons (Fsp3) is 0.259. The molecule has 0 spiro atoms. The number of carbonyl (C=O) groups excluding carboxylic acids is 2. The number of nitrogens with one attached hydrogen (secondary N) is 1. The monoisotopic (exact) mass is 510 g/mol. The summed E-state index contributed by atoms with van der Waals surface area (Å²) in [6.45, 7) is 7.09. The Kier molecular flexibility index (Phi) is 8.37. The molecule has 0 heterocycles. The minimum Gasteiger partial charge on any atom is -0.495 e. The van der Waals surface area contributed by atoms with E-state index in [-0.39, 0.29) is 17.3 Å². The molecule has 0 aliphatic carbocycles. The van der Waals surface area contributed by atoms with Crippen molar-refractivity contribution < 1.29 is 27.5 Å². The van der Waals surface area contributed by atoms with Crippen molar-refractivity contribution in [2.45, 2.75) is 32.6 Å². The molecule has 0 aliphatic heterocycles. The van der Waals surface area contributed by atoms with Crippen molar-refractivity contribution >= 4 is 33.3 Å². The molecule has 1 amide bonds. The lowest BCUT2D eigenvalue weighted by Gasteiger charge is -2.26. The first-order chi connectivity index (χ1) is 17.1. The van der Waals surface area contributed by atoms with Gasteiger partial charge in [-0.2, -0.15) is 0 Å². The van der Waals surface area contributed by atoms with Gasteiger partial charge in [-0.15, -0.1) is 0 Å². The molecular weight excluding hydrogens is 480 g/mol. The van der Waals surface area contributed by atoms with Gasteiger partial charge < -0.3 is 14.8 Å². The van der Waals surface area contributed by atoms with E-state index < -0.39 is 28.4 Å². The fourth-order valence-electron chi connectivity index (χ4n) is 3.54. The van der Waals surface area contributed by atoms with Crippen LogP contribution in [0.1, 0.15) is 34.0 Å². The van der Waals surface area contributed by atoms with E-state index in [4.69, 9.17) is 9.47 Å². The van der Waals surface area contributed by atoms with Crippen LogP contribution in [0.15, 0.2) is 65.6 Å². The number of amides is 1. The molecule has 36 heavy (non-hydrogen) atoms. The fourth-order valence-corrected chi connectivity index (χ4v) is 5.19. The van der Waals surface area contributed by atoms with Crippen molar-refractivity contribution in [3.8, 4) is 5.75 Å². The highest BCUT2D eigenvalue weighted by atomic mass is 32.2. The highest BCUT2D eigenvalue weighted by Gasteiger charge is 2.30. The standard InChI is InChI=1S/C27H30N2O6S/c1-6-35-27(31)21-9-11-22(12-10-21)28-26(30)17-29(23-13-8-19(3)20(4)16-23)36(32,33)25-15-18(2)7-14-24(25)34-5/h7-16H,6,17H2,1-5H3,(H,28,30). The summed E-state index contributed by atoms with van der Waals surface area (Å²) in [6.07, 6.45) is 0. The molecule has 8 nitrogen and oxygen atoms in total. The van der Waals surface area contributed by atoms with E-state index in [2.05, 4.69) is 5.32 Å². The maximum atomic E-state index is 13.8. The van der Waals surface area contributed by atoms with Gasteiger partial charge >= 0.3 is 5.97 Å². The number of benzene rings is 3. The predicted molar refractivity (Wildman–Crippen MR) is 139 cm³/mol. The summed E-state index contributed by atoms with van der Waals surface area (Å²) in [5.74, 6) is -0.828. The van der Waals surface area contributed by atoms with Crippen molar-refractivity contribution in [1.82, 2.24) is 0 Å². The van der Waals surface area contributed by atoms with Crippen molar-refractivity contribution in [2.24, 2.45) is 0 Å². The van der Waals surface area contributed by atoms with Crippen LogP contribution in [0.2, 0.25) is 0 Å². The maximum Gasteiger partial charge on any atom is 0.338 e. The van der Waals surface area contributed by atoms with Crippen molar-refractivity contribution in [1.29, 1.82) is 0 Å². The third-order valence-corrected chi connectivity index (χ3v) is 7.43. The van der Waals surface area contributed by atoms with E-state index in [0.29, 0.717) is 16.9 Å². The number of aryl methyl sites for hydroxylation is 3. The zero-order chi connectivity index (χ0) is 26.5. The van der Waals surface area contributed by atoms with Crippen LogP contribution >= 0.6 is 0 Å². The Morgan fingerprint density at radius 3 is 2.22 bits per heavy atom. The second-order valence-electron chi connectivity index (χ2n) is 8.28. The second kappa shape index (κ2) is 11.3. The number of hydrogen-bond acceptors (Lipinski definition) is 6. The molecule has 9 heteroatoms. The summed E-state index contributed by atoms with van der Waals surface area (Å²) in [7, 11) is -2.77. The third-order valence-electron chi connectivity index (χ3n) is 5.63. The Morgan fingerprint density at radius 1 is 0.917 bits per heavy atom.